The number of hydrogen-bond donors (Lipinski definition) is 0. The van der Waals surface area contributed by atoms with Crippen molar-refractivity contribution in [3.05, 3.63) is 28.0 Å². The minimum Gasteiger partial charge on any atom is -0.223 e. The summed E-state index contributed by atoms with van der Waals surface area (Å²) in [6.07, 6.45) is 0. The summed E-state index contributed by atoms with van der Waals surface area (Å²) < 4.78 is 23.1. The first kappa shape index (κ1) is 10.0. The highest BCUT2D eigenvalue weighted by atomic mass is 32.2. The first-order valence-corrected chi connectivity index (χ1v) is 5.97. The zero-order valence-electron chi connectivity index (χ0n) is 6.62. The Labute approximate surface area is 79.6 Å². The van der Waals surface area contributed by atoms with Crippen LogP contribution in [0.3, 0.4) is 0 Å². The summed E-state index contributed by atoms with van der Waals surface area (Å²) in [5.74, 6) is -0.127. The molecule has 0 aliphatic carbocycles. The molecular formula is C6H7N3O2S2. The van der Waals surface area contributed by atoms with Crippen molar-refractivity contribution in [3.63, 3.8) is 0 Å². The Hall–Kier alpha value is -1.04. The van der Waals surface area contributed by atoms with Gasteiger partial charge in [-0.2, -0.15) is 0 Å². The lowest BCUT2D eigenvalue weighted by atomic mass is 10.7. The van der Waals surface area contributed by atoms with Crippen LogP contribution in [0.25, 0.3) is 10.4 Å². The van der Waals surface area contributed by atoms with Crippen molar-refractivity contribution in [1.29, 1.82) is 0 Å². The van der Waals surface area contributed by atoms with Gasteiger partial charge in [0.1, 0.15) is 4.21 Å². The zero-order valence-corrected chi connectivity index (χ0v) is 8.25. The topological polar surface area (TPSA) is 82.9 Å². The van der Waals surface area contributed by atoms with Crippen LogP contribution in [-0.4, -0.2) is 20.7 Å². The van der Waals surface area contributed by atoms with E-state index in [-0.39, 0.29) is 12.3 Å². The molecule has 0 spiro atoms. The van der Waals surface area contributed by atoms with E-state index in [1.165, 1.54) is 17.4 Å². The van der Waals surface area contributed by atoms with Crippen molar-refractivity contribution in [2.45, 2.75) is 4.21 Å². The van der Waals surface area contributed by atoms with Gasteiger partial charge < -0.3 is 0 Å². The summed E-state index contributed by atoms with van der Waals surface area (Å²) in [7, 11) is -3.24. The lowest BCUT2D eigenvalue weighted by Crippen LogP contribution is -2.07. The van der Waals surface area contributed by atoms with Gasteiger partial charge in [-0.05, 0) is 17.0 Å². The lowest BCUT2D eigenvalue weighted by Gasteiger charge is -1.96. The first-order chi connectivity index (χ1) is 6.17. The molecule has 0 aromatic carbocycles. The molecular weight excluding hydrogens is 210 g/mol. The summed E-state index contributed by atoms with van der Waals surface area (Å²) >= 11 is 1.17. The summed E-state index contributed by atoms with van der Waals surface area (Å²) in [4.78, 5) is 2.48. The fourth-order valence-corrected chi connectivity index (χ4v) is 3.01. The summed E-state index contributed by atoms with van der Waals surface area (Å²) in [5, 5.41) is 4.87. The predicted molar refractivity (Wildman–Crippen MR) is 50.4 cm³/mol. The van der Waals surface area contributed by atoms with Gasteiger partial charge >= 0.3 is 0 Å². The van der Waals surface area contributed by atoms with Gasteiger partial charge in [0.15, 0.2) is 9.84 Å². The maximum absolute atomic E-state index is 11.4. The smallest absolute Gasteiger partial charge is 0.187 e. The van der Waals surface area contributed by atoms with Gasteiger partial charge in [-0.1, -0.05) is 11.2 Å². The van der Waals surface area contributed by atoms with E-state index in [0.717, 1.165) is 0 Å². The molecule has 13 heavy (non-hydrogen) atoms. The Morgan fingerprint density at radius 1 is 1.62 bits per heavy atom. The SMILES string of the molecule is [N-]=[N+]=NCCS(=O)(=O)c1cccs1. The first-order valence-electron chi connectivity index (χ1n) is 3.44. The highest BCUT2D eigenvalue weighted by molar-refractivity contribution is 7.93. The molecule has 0 fully saturated rings. The molecule has 0 aliphatic heterocycles. The summed E-state index contributed by atoms with van der Waals surface area (Å²) in [6, 6.07) is 3.21. The number of sulfone groups is 1. The monoisotopic (exact) mass is 217 g/mol. The maximum Gasteiger partial charge on any atom is 0.187 e. The van der Waals surface area contributed by atoms with Gasteiger partial charge in [-0.15, -0.1) is 11.3 Å². The van der Waals surface area contributed by atoms with Gasteiger partial charge in [0, 0.05) is 11.5 Å². The van der Waals surface area contributed by atoms with E-state index >= 15 is 0 Å². The number of rotatable bonds is 4. The molecule has 0 saturated carbocycles. The zero-order chi connectivity index (χ0) is 9.73. The molecule has 1 aromatic rings. The molecule has 0 atom stereocenters. The highest BCUT2D eigenvalue weighted by Crippen LogP contribution is 2.16. The van der Waals surface area contributed by atoms with E-state index in [0.29, 0.717) is 4.21 Å². The van der Waals surface area contributed by atoms with Crippen molar-refractivity contribution in [1.82, 2.24) is 0 Å². The van der Waals surface area contributed by atoms with E-state index in [1.807, 2.05) is 0 Å². The van der Waals surface area contributed by atoms with E-state index < -0.39 is 9.84 Å². The van der Waals surface area contributed by atoms with E-state index in [1.54, 1.807) is 11.4 Å². The minimum absolute atomic E-state index is 0.0171. The van der Waals surface area contributed by atoms with Gasteiger partial charge in [-0.3, -0.25) is 0 Å². The van der Waals surface area contributed by atoms with Crippen LogP contribution in [0.1, 0.15) is 0 Å². The molecule has 5 nitrogen and oxygen atoms in total. The molecule has 7 heteroatoms. The lowest BCUT2D eigenvalue weighted by molar-refractivity contribution is 0.598. The molecule has 1 aromatic heterocycles. The van der Waals surface area contributed by atoms with Crippen LogP contribution >= 0.6 is 11.3 Å². The van der Waals surface area contributed by atoms with Gasteiger partial charge in [-0.25, -0.2) is 8.42 Å². The second-order valence-corrected chi connectivity index (χ2v) is 5.49. The van der Waals surface area contributed by atoms with Crippen molar-refractivity contribution in [2.24, 2.45) is 5.11 Å². The third-order valence-corrected chi connectivity index (χ3v) is 4.51. The van der Waals surface area contributed by atoms with Crippen LogP contribution in [0.4, 0.5) is 0 Å². The van der Waals surface area contributed by atoms with E-state index in [9.17, 15) is 8.42 Å². The molecule has 1 rings (SSSR count). The molecule has 0 amide bonds. The van der Waals surface area contributed by atoms with Crippen LogP contribution < -0.4 is 0 Å². The Balaban J connectivity index is 2.73. The number of hydrogen-bond acceptors (Lipinski definition) is 4. The average Bonchev–Trinajstić information content (AvgIpc) is 2.56. The van der Waals surface area contributed by atoms with E-state index in [4.69, 9.17) is 5.53 Å². The van der Waals surface area contributed by atoms with Crippen LogP contribution in [0, 0.1) is 0 Å². The average molecular weight is 217 g/mol. The maximum atomic E-state index is 11.4. The number of azide groups is 1. The van der Waals surface area contributed by atoms with Crippen molar-refractivity contribution in [3.8, 4) is 0 Å². The highest BCUT2D eigenvalue weighted by Gasteiger charge is 2.13. The third kappa shape index (κ3) is 2.73. The van der Waals surface area contributed by atoms with Crippen LogP contribution in [0.15, 0.2) is 26.8 Å². The van der Waals surface area contributed by atoms with Crippen molar-refractivity contribution >= 4 is 21.2 Å². The summed E-state index contributed by atoms with van der Waals surface area (Å²) in [6.45, 7) is -0.0171. The Morgan fingerprint density at radius 3 is 2.92 bits per heavy atom. The standard InChI is InChI=1S/C6H7N3O2S2/c7-9-8-3-5-13(10,11)6-2-1-4-12-6/h1-2,4H,3,5H2. The van der Waals surface area contributed by atoms with Gasteiger partial charge in [0.05, 0.1) is 5.75 Å². The minimum atomic E-state index is -3.24. The third-order valence-electron chi connectivity index (χ3n) is 1.32. The Morgan fingerprint density at radius 2 is 2.38 bits per heavy atom. The van der Waals surface area contributed by atoms with Crippen LogP contribution in [0.5, 0.6) is 0 Å². The van der Waals surface area contributed by atoms with Crippen LogP contribution in [0.2, 0.25) is 0 Å². The largest absolute Gasteiger partial charge is 0.223 e. The van der Waals surface area contributed by atoms with Gasteiger partial charge in [0.25, 0.3) is 0 Å². The molecule has 0 radical (unpaired) electrons. The fraction of sp³-hybridized carbons (Fsp3) is 0.333. The molecule has 0 aliphatic rings. The molecule has 0 saturated heterocycles. The van der Waals surface area contributed by atoms with Crippen LogP contribution in [-0.2, 0) is 9.84 Å². The fourth-order valence-electron chi connectivity index (χ4n) is 0.747. The van der Waals surface area contributed by atoms with Crippen molar-refractivity contribution < 1.29 is 8.42 Å². The molecule has 0 unspecified atom stereocenters. The normalized spacial score (nSPS) is 10.8. The molecule has 70 valence electrons. The Kier molecular flexibility index (Phi) is 3.30. The second-order valence-electron chi connectivity index (χ2n) is 2.21. The van der Waals surface area contributed by atoms with Gasteiger partial charge in [0.2, 0.25) is 0 Å². The quantitative estimate of drug-likeness (QED) is 0.438. The van der Waals surface area contributed by atoms with Crippen molar-refractivity contribution in [2.75, 3.05) is 12.3 Å². The molecule has 1 heterocycles. The number of nitrogens with zero attached hydrogens (tertiary/aromatic N) is 3. The Bertz CT molecular complexity index is 403. The number of thiophene rings is 1. The molecule has 0 bridgehead atoms. The van der Waals surface area contributed by atoms with E-state index in [2.05, 4.69) is 10.0 Å². The second kappa shape index (κ2) is 4.27. The predicted octanol–water partition coefficient (Wildman–Crippen LogP) is 1.83. The molecule has 0 N–H and O–H groups in total. The summed E-state index contributed by atoms with van der Waals surface area (Å²) in [5.41, 5.74) is 7.96.